The van der Waals surface area contributed by atoms with Crippen molar-refractivity contribution in [1.82, 2.24) is 0 Å². The summed E-state index contributed by atoms with van der Waals surface area (Å²) in [4.78, 5) is 0. The molecule has 3 rings (SSSR count). The summed E-state index contributed by atoms with van der Waals surface area (Å²) < 4.78 is 18.9. The first-order valence-corrected chi connectivity index (χ1v) is 7.53. The van der Waals surface area contributed by atoms with Crippen molar-refractivity contribution in [3.63, 3.8) is 0 Å². The molecule has 0 aliphatic carbocycles. The van der Waals surface area contributed by atoms with Crippen molar-refractivity contribution in [3.05, 3.63) is 35.8 Å². The second kappa shape index (κ2) is 4.25. The van der Waals surface area contributed by atoms with Gasteiger partial charge < -0.3 is 9.52 Å². The van der Waals surface area contributed by atoms with Crippen LogP contribution in [0.1, 0.15) is 26.0 Å². The molecule has 2 aromatic rings. The van der Waals surface area contributed by atoms with Crippen molar-refractivity contribution in [2.45, 2.75) is 25.9 Å². The lowest BCUT2D eigenvalue weighted by Gasteiger charge is -2.39. The summed E-state index contributed by atoms with van der Waals surface area (Å²) in [6.07, 6.45) is 0.662. The Balaban J connectivity index is 2.03. The standard InChI is InChI=1S/C15H17FO2S/c1-14(2)7-15(17,9-19-8-14)13-6-10-5-11(16)3-4-12(10)18-13/h3-6,17H,7-9H2,1-2H3. The summed E-state index contributed by atoms with van der Waals surface area (Å²) in [6.45, 7) is 4.29. The molecule has 0 bridgehead atoms. The third-order valence-corrected chi connectivity index (χ3v) is 5.21. The van der Waals surface area contributed by atoms with E-state index < -0.39 is 5.60 Å². The van der Waals surface area contributed by atoms with Gasteiger partial charge in [0.25, 0.3) is 0 Å². The van der Waals surface area contributed by atoms with Gasteiger partial charge in [0.05, 0.1) is 0 Å². The van der Waals surface area contributed by atoms with E-state index in [2.05, 4.69) is 13.8 Å². The van der Waals surface area contributed by atoms with Crippen LogP contribution in [0.4, 0.5) is 4.39 Å². The van der Waals surface area contributed by atoms with Crippen LogP contribution in [0.3, 0.4) is 0 Å². The molecule has 1 saturated heterocycles. The topological polar surface area (TPSA) is 33.4 Å². The first-order valence-electron chi connectivity index (χ1n) is 6.38. The normalized spacial score (nSPS) is 26.7. The first-order chi connectivity index (χ1) is 8.88. The van der Waals surface area contributed by atoms with E-state index in [4.69, 9.17) is 4.42 Å². The molecule has 102 valence electrons. The lowest BCUT2D eigenvalue weighted by atomic mass is 9.81. The van der Waals surface area contributed by atoms with Gasteiger partial charge in [0.2, 0.25) is 0 Å². The van der Waals surface area contributed by atoms with Crippen LogP contribution in [0.15, 0.2) is 28.7 Å². The zero-order chi connectivity index (χ0) is 13.7. The fraction of sp³-hybridized carbons (Fsp3) is 0.467. The predicted octanol–water partition coefficient (Wildman–Crippen LogP) is 3.92. The molecular weight excluding hydrogens is 263 g/mol. The van der Waals surface area contributed by atoms with Gasteiger partial charge in [0, 0.05) is 11.1 Å². The Bertz CT molecular complexity index is 620. The van der Waals surface area contributed by atoms with Gasteiger partial charge in [0.1, 0.15) is 22.8 Å². The van der Waals surface area contributed by atoms with Gasteiger partial charge in [-0.05, 0) is 41.9 Å². The summed E-state index contributed by atoms with van der Waals surface area (Å²) in [7, 11) is 0. The molecule has 0 spiro atoms. The predicted molar refractivity (Wildman–Crippen MR) is 75.8 cm³/mol. The molecule has 1 unspecified atom stereocenters. The number of thioether (sulfide) groups is 1. The Hall–Kier alpha value is -1.00. The SMILES string of the molecule is CC1(C)CSCC(O)(c2cc3cc(F)ccc3o2)C1. The van der Waals surface area contributed by atoms with Crippen molar-refractivity contribution in [2.24, 2.45) is 5.41 Å². The monoisotopic (exact) mass is 280 g/mol. The van der Waals surface area contributed by atoms with E-state index in [9.17, 15) is 9.50 Å². The minimum absolute atomic E-state index is 0.0713. The van der Waals surface area contributed by atoms with Crippen LogP contribution in [0, 0.1) is 11.2 Å². The highest BCUT2D eigenvalue weighted by Crippen LogP contribution is 2.45. The summed E-state index contributed by atoms with van der Waals surface area (Å²) in [5.41, 5.74) is -0.262. The molecule has 1 atom stereocenters. The summed E-state index contributed by atoms with van der Waals surface area (Å²) in [6, 6.07) is 6.19. The highest BCUT2D eigenvalue weighted by Gasteiger charge is 2.42. The number of benzene rings is 1. The van der Waals surface area contributed by atoms with E-state index in [1.807, 2.05) is 0 Å². The smallest absolute Gasteiger partial charge is 0.137 e. The Kier molecular flexibility index (Phi) is 2.91. The van der Waals surface area contributed by atoms with Crippen LogP contribution in [0.2, 0.25) is 0 Å². The highest BCUT2D eigenvalue weighted by atomic mass is 32.2. The third-order valence-electron chi connectivity index (χ3n) is 3.54. The number of aliphatic hydroxyl groups is 1. The lowest BCUT2D eigenvalue weighted by Crippen LogP contribution is -2.39. The van der Waals surface area contributed by atoms with E-state index >= 15 is 0 Å². The summed E-state index contributed by atoms with van der Waals surface area (Å²) >= 11 is 1.73. The van der Waals surface area contributed by atoms with E-state index in [1.165, 1.54) is 12.1 Å². The maximum atomic E-state index is 13.2. The van der Waals surface area contributed by atoms with Gasteiger partial charge >= 0.3 is 0 Å². The minimum Gasteiger partial charge on any atom is -0.458 e. The first kappa shape index (κ1) is 13.0. The molecule has 1 N–H and O–H groups in total. The van der Waals surface area contributed by atoms with Crippen molar-refractivity contribution < 1.29 is 13.9 Å². The molecule has 1 aliphatic heterocycles. The largest absolute Gasteiger partial charge is 0.458 e. The van der Waals surface area contributed by atoms with E-state index in [1.54, 1.807) is 23.9 Å². The highest BCUT2D eigenvalue weighted by molar-refractivity contribution is 7.99. The van der Waals surface area contributed by atoms with Gasteiger partial charge in [-0.3, -0.25) is 0 Å². The molecule has 1 aromatic carbocycles. The average molecular weight is 280 g/mol. The molecule has 19 heavy (non-hydrogen) atoms. The van der Waals surface area contributed by atoms with Gasteiger partial charge in [-0.15, -0.1) is 0 Å². The Morgan fingerprint density at radius 3 is 2.79 bits per heavy atom. The maximum absolute atomic E-state index is 13.2. The number of hydrogen-bond acceptors (Lipinski definition) is 3. The molecule has 2 nitrogen and oxygen atoms in total. The van der Waals surface area contributed by atoms with E-state index in [0.29, 0.717) is 28.9 Å². The molecule has 1 aliphatic rings. The van der Waals surface area contributed by atoms with Gasteiger partial charge in [-0.1, -0.05) is 13.8 Å². The van der Waals surface area contributed by atoms with Gasteiger partial charge in [-0.25, -0.2) is 4.39 Å². The number of hydrogen-bond donors (Lipinski definition) is 1. The number of rotatable bonds is 1. The molecular formula is C15H17FO2S. The Morgan fingerprint density at radius 2 is 2.05 bits per heavy atom. The average Bonchev–Trinajstić information content (AvgIpc) is 2.70. The maximum Gasteiger partial charge on any atom is 0.137 e. The van der Waals surface area contributed by atoms with Crippen LogP contribution >= 0.6 is 11.8 Å². The molecule has 2 heterocycles. The van der Waals surface area contributed by atoms with Crippen molar-refractivity contribution in [3.8, 4) is 0 Å². The Morgan fingerprint density at radius 1 is 1.26 bits per heavy atom. The third kappa shape index (κ3) is 2.39. The molecule has 4 heteroatoms. The summed E-state index contributed by atoms with van der Waals surface area (Å²) in [5.74, 6) is 1.92. The molecule has 0 amide bonds. The molecule has 0 radical (unpaired) electrons. The van der Waals surface area contributed by atoms with Crippen molar-refractivity contribution in [1.29, 1.82) is 0 Å². The number of furan rings is 1. The quantitative estimate of drug-likeness (QED) is 0.859. The van der Waals surface area contributed by atoms with Crippen LogP contribution in [0.5, 0.6) is 0 Å². The van der Waals surface area contributed by atoms with Crippen LogP contribution in [-0.2, 0) is 5.60 Å². The molecule has 1 aromatic heterocycles. The van der Waals surface area contributed by atoms with Gasteiger partial charge in [-0.2, -0.15) is 11.8 Å². The number of fused-ring (bicyclic) bond motifs is 1. The van der Waals surface area contributed by atoms with E-state index in [0.717, 1.165) is 5.75 Å². The summed E-state index contributed by atoms with van der Waals surface area (Å²) in [5, 5.41) is 11.5. The zero-order valence-electron chi connectivity index (χ0n) is 11.1. The van der Waals surface area contributed by atoms with E-state index in [-0.39, 0.29) is 11.2 Å². The second-order valence-corrected chi connectivity index (χ2v) is 7.14. The minimum atomic E-state index is -0.956. The van der Waals surface area contributed by atoms with Crippen LogP contribution < -0.4 is 0 Å². The van der Waals surface area contributed by atoms with Gasteiger partial charge in [0.15, 0.2) is 0 Å². The fourth-order valence-corrected chi connectivity index (χ4v) is 4.13. The van der Waals surface area contributed by atoms with Crippen LogP contribution in [0.25, 0.3) is 11.0 Å². The van der Waals surface area contributed by atoms with Crippen molar-refractivity contribution >= 4 is 22.7 Å². The lowest BCUT2D eigenvalue weighted by molar-refractivity contribution is -0.00222. The molecule has 0 saturated carbocycles. The van der Waals surface area contributed by atoms with Crippen LogP contribution in [-0.4, -0.2) is 16.6 Å². The zero-order valence-corrected chi connectivity index (χ0v) is 11.9. The molecule has 1 fully saturated rings. The second-order valence-electron chi connectivity index (χ2n) is 6.16. The number of halogens is 1. The van der Waals surface area contributed by atoms with Crippen molar-refractivity contribution in [2.75, 3.05) is 11.5 Å². The fourth-order valence-electron chi connectivity index (χ4n) is 2.79. The Labute approximate surface area is 116 Å².